The van der Waals surface area contributed by atoms with Gasteiger partial charge in [0, 0.05) is 5.25 Å². The number of aldehydes is 1. The van der Waals surface area contributed by atoms with Crippen molar-refractivity contribution in [2.75, 3.05) is 0 Å². The lowest BCUT2D eigenvalue weighted by molar-refractivity contribution is 0.112. The number of rotatable bonds is 5. The molecule has 0 radical (unpaired) electrons. The van der Waals surface area contributed by atoms with Crippen molar-refractivity contribution in [3.05, 3.63) is 41.6 Å². The van der Waals surface area contributed by atoms with Crippen LogP contribution >= 0.6 is 11.8 Å². The van der Waals surface area contributed by atoms with E-state index in [1.807, 2.05) is 44.2 Å². The number of carbonyl (C=O) groups is 1. The minimum absolute atomic E-state index is 0.0211. The second-order valence-electron chi connectivity index (χ2n) is 4.73. The maximum Gasteiger partial charge on any atom is 0.154 e. The van der Waals surface area contributed by atoms with Crippen LogP contribution in [0.5, 0.6) is 0 Å². The molecule has 0 saturated carbocycles. The minimum Gasteiger partial charge on any atom is -0.392 e. The zero-order valence-electron chi connectivity index (χ0n) is 11.8. The summed E-state index contributed by atoms with van der Waals surface area (Å²) in [6.45, 7) is 5.50. The number of nitrogens with zero attached hydrogens (tertiary/aromatic N) is 2. The molecule has 0 aliphatic heterocycles. The van der Waals surface area contributed by atoms with Crippen LogP contribution in [-0.4, -0.2) is 32.5 Å². The first-order chi connectivity index (χ1) is 9.54. The number of benzene rings is 1. The molecule has 2 aromatic rings. The third-order valence-electron chi connectivity index (χ3n) is 3.16. The van der Waals surface area contributed by atoms with Crippen molar-refractivity contribution >= 4 is 18.0 Å². The third kappa shape index (κ3) is 2.94. The van der Waals surface area contributed by atoms with Gasteiger partial charge in [0.25, 0.3) is 0 Å². The highest BCUT2D eigenvalue weighted by molar-refractivity contribution is 8.00. The normalized spacial score (nSPS) is 14.0. The van der Waals surface area contributed by atoms with E-state index in [4.69, 9.17) is 0 Å². The Bertz CT molecular complexity index is 593. The molecule has 4 nitrogen and oxygen atoms in total. The molecule has 2 atom stereocenters. The highest BCUT2D eigenvalue weighted by atomic mass is 32.2. The fraction of sp³-hybridized carbons (Fsp3) is 0.333. The molecule has 0 fully saturated rings. The molecular weight excluding hydrogens is 272 g/mol. The quantitative estimate of drug-likeness (QED) is 0.679. The van der Waals surface area contributed by atoms with Crippen LogP contribution in [0.4, 0.5) is 0 Å². The van der Waals surface area contributed by atoms with Gasteiger partial charge in [0.15, 0.2) is 6.29 Å². The van der Waals surface area contributed by atoms with Crippen LogP contribution in [0, 0.1) is 6.92 Å². The largest absolute Gasteiger partial charge is 0.392 e. The maximum atomic E-state index is 11.3. The standard InChI is InChI=1S/C15H18N2O2S/c1-10-14(9-18)15(20-12(3)11(2)19)17(16-10)13-7-5-4-6-8-13/h4-9,11-12,19H,1-3H3. The molecular formula is C15H18N2O2S. The van der Waals surface area contributed by atoms with Crippen molar-refractivity contribution in [1.29, 1.82) is 0 Å². The highest BCUT2D eigenvalue weighted by Crippen LogP contribution is 2.31. The average Bonchev–Trinajstić information content (AvgIpc) is 2.75. The SMILES string of the molecule is Cc1nn(-c2ccccc2)c(SC(C)C(C)O)c1C=O. The van der Waals surface area contributed by atoms with E-state index in [1.54, 1.807) is 11.6 Å². The van der Waals surface area contributed by atoms with Gasteiger partial charge in [0.05, 0.1) is 23.0 Å². The van der Waals surface area contributed by atoms with Crippen molar-refractivity contribution in [2.24, 2.45) is 0 Å². The smallest absolute Gasteiger partial charge is 0.154 e. The van der Waals surface area contributed by atoms with E-state index in [1.165, 1.54) is 11.8 Å². The average molecular weight is 290 g/mol. The van der Waals surface area contributed by atoms with Crippen LogP contribution in [0.1, 0.15) is 29.9 Å². The Morgan fingerprint density at radius 3 is 2.50 bits per heavy atom. The van der Waals surface area contributed by atoms with Crippen molar-refractivity contribution in [3.8, 4) is 5.69 Å². The summed E-state index contributed by atoms with van der Waals surface area (Å²) in [6, 6.07) is 9.68. The fourth-order valence-corrected chi connectivity index (χ4v) is 2.90. The number of thioether (sulfide) groups is 1. The van der Waals surface area contributed by atoms with E-state index >= 15 is 0 Å². The van der Waals surface area contributed by atoms with Crippen molar-refractivity contribution < 1.29 is 9.90 Å². The summed E-state index contributed by atoms with van der Waals surface area (Å²) in [5, 5.41) is 14.9. The maximum absolute atomic E-state index is 11.3. The van der Waals surface area contributed by atoms with Crippen LogP contribution in [0.15, 0.2) is 35.4 Å². The van der Waals surface area contributed by atoms with Crippen LogP contribution in [-0.2, 0) is 0 Å². The summed E-state index contributed by atoms with van der Waals surface area (Å²) in [6.07, 6.45) is 0.373. The van der Waals surface area contributed by atoms with E-state index in [-0.39, 0.29) is 5.25 Å². The number of para-hydroxylation sites is 1. The Morgan fingerprint density at radius 1 is 1.30 bits per heavy atom. The number of aromatic nitrogens is 2. The monoisotopic (exact) mass is 290 g/mol. The first-order valence-corrected chi connectivity index (χ1v) is 7.37. The summed E-state index contributed by atoms with van der Waals surface area (Å²) < 4.78 is 1.77. The topological polar surface area (TPSA) is 55.1 Å². The van der Waals surface area contributed by atoms with Crippen LogP contribution in [0.2, 0.25) is 0 Å². The highest BCUT2D eigenvalue weighted by Gasteiger charge is 2.20. The zero-order valence-corrected chi connectivity index (χ0v) is 12.6. The van der Waals surface area contributed by atoms with Crippen molar-refractivity contribution in [1.82, 2.24) is 9.78 Å². The second kappa shape index (κ2) is 6.24. The lowest BCUT2D eigenvalue weighted by Crippen LogP contribution is -2.16. The number of hydrogen-bond donors (Lipinski definition) is 1. The number of hydrogen-bond acceptors (Lipinski definition) is 4. The molecule has 5 heteroatoms. The van der Waals surface area contributed by atoms with Gasteiger partial charge in [-0.1, -0.05) is 36.9 Å². The molecule has 20 heavy (non-hydrogen) atoms. The van der Waals surface area contributed by atoms with E-state index in [2.05, 4.69) is 5.10 Å². The molecule has 106 valence electrons. The molecule has 0 saturated heterocycles. The molecule has 0 aliphatic rings. The third-order valence-corrected chi connectivity index (χ3v) is 4.54. The molecule has 2 rings (SSSR count). The molecule has 1 heterocycles. The van der Waals surface area contributed by atoms with E-state index in [9.17, 15) is 9.90 Å². The molecule has 0 aliphatic carbocycles. The summed E-state index contributed by atoms with van der Waals surface area (Å²) in [5.74, 6) is 0. The number of aliphatic hydroxyl groups excluding tert-OH is 1. The molecule has 1 N–H and O–H groups in total. The van der Waals surface area contributed by atoms with Crippen molar-refractivity contribution in [2.45, 2.75) is 37.2 Å². The number of aryl methyl sites for hydroxylation is 1. The van der Waals surface area contributed by atoms with Gasteiger partial charge in [-0.25, -0.2) is 4.68 Å². The lowest BCUT2D eigenvalue weighted by atomic mass is 10.3. The van der Waals surface area contributed by atoms with Crippen LogP contribution in [0.3, 0.4) is 0 Å². The predicted octanol–water partition coefficient (Wildman–Crippen LogP) is 2.85. The predicted molar refractivity (Wildman–Crippen MR) is 80.7 cm³/mol. The number of carbonyl (C=O) groups excluding carboxylic acids is 1. The van der Waals surface area contributed by atoms with Crippen LogP contribution in [0.25, 0.3) is 5.69 Å². The summed E-state index contributed by atoms with van der Waals surface area (Å²) in [4.78, 5) is 11.3. The van der Waals surface area contributed by atoms with Gasteiger partial charge in [-0.3, -0.25) is 4.79 Å². The molecule has 2 unspecified atom stereocenters. The van der Waals surface area contributed by atoms with E-state index in [0.717, 1.165) is 17.0 Å². The summed E-state index contributed by atoms with van der Waals surface area (Å²) in [7, 11) is 0. The number of aliphatic hydroxyl groups is 1. The van der Waals surface area contributed by atoms with E-state index < -0.39 is 6.10 Å². The fourth-order valence-electron chi connectivity index (χ4n) is 1.79. The van der Waals surface area contributed by atoms with Gasteiger partial charge in [-0.15, -0.1) is 0 Å². The first kappa shape index (κ1) is 14.8. The Kier molecular flexibility index (Phi) is 4.62. The van der Waals surface area contributed by atoms with Gasteiger partial charge < -0.3 is 5.11 Å². The lowest BCUT2D eigenvalue weighted by Gasteiger charge is -2.15. The molecule has 0 bridgehead atoms. The Labute approximate surface area is 122 Å². The Morgan fingerprint density at radius 2 is 1.95 bits per heavy atom. The van der Waals surface area contributed by atoms with Gasteiger partial charge in [0.2, 0.25) is 0 Å². The first-order valence-electron chi connectivity index (χ1n) is 6.49. The Hall–Kier alpha value is -1.59. The second-order valence-corrected chi connectivity index (χ2v) is 6.10. The summed E-state index contributed by atoms with van der Waals surface area (Å²) in [5.41, 5.74) is 2.19. The zero-order chi connectivity index (χ0) is 14.7. The minimum atomic E-state index is -0.459. The van der Waals surface area contributed by atoms with Gasteiger partial charge in [-0.05, 0) is 26.0 Å². The summed E-state index contributed by atoms with van der Waals surface area (Å²) >= 11 is 1.46. The molecule has 1 aromatic heterocycles. The molecule has 1 aromatic carbocycles. The van der Waals surface area contributed by atoms with Crippen molar-refractivity contribution in [3.63, 3.8) is 0 Å². The van der Waals surface area contributed by atoms with Gasteiger partial charge >= 0.3 is 0 Å². The molecule has 0 spiro atoms. The van der Waals surface area contributed by atoms with Crippen LogP contribution < -0.4 is 0 Å². The van der Waals surface area contributed by atoms with Gasteiger partial charge in [0.1, 0.15) is 5.03 Å². The molecule has 0 amide bonds. The van der Waals surface area contributed by atoms with Gasteiger partial charge in [-0.2, -0.15) is 5.10 Å². The van der Waals surface area contributed by atoms with E-state index in [0.29, 0.717) is 11.3 Å². The Balaban J connectivity index is 2.49.